The Balaban J connectivity index is 1.84. The summed E-state index contributed by atoms with van der Waals surface area (Å²) >= 11 is 6.19. The summed E-state index contributed by atoms with van der Waals surface area (Å²) in [5.74, 6) is -0.694. The highest BCUT2D eigenvalue weighted by Gasteiger charge is 2.33. The monoisotopic (exact) mass is 483 g/mol. The number of carbonyl (C=O) groups excluding carboxylic acids is 1. The zero-order chi connectivity index (χ0) is 24.6. The molecule has 3 aromatic rings. The van der Waals surface area contributed by atoms with E-state index in [0.29, 0.717) is 46.9 Å². The van der Waals surface area contributed by atoms with Gasteiger partial charge in [0, 0.05) is 46.5 Å². The van der Waals surface area contributed by atoms with Crippen molar-refractivity contribution < 1.29 is 19.1 Å². The number of benzene rings is 2. The quantitative estimate of drug-likeness (QED) is 0.462. The Morgan fingerprint density at radius 2 is 1.91 bits per heavy atom. The minimum absolute atomic E-state index is 0.199. The van der Waals surface area contributed by atoms with Gasteiger partial charge in [0.05, 0.1) is 6.04 Å². The smallest absolute Gasteiger partial charge is 0.407 e. The second-order valence-corrected chi connectivity index (χ2v) is 9.86. The first-order valence-corrected chi connectivity index (χ1v) is 11.5. The number of aromatic nitrogens is 1. The van der Waals surface area contributed by atoms with Gasteiger partial charge >= 0.3 is 6.09 Å². The van der Waals surface area contributed by atoms with Crippen LogP contribution in [0.4, 0.5) is 9.18 Å². The van der Waals surface area contributed by atoms with Crippen LogP contribution in [0.2, 0.25) is 5.02 Å². The summed E-state index contributed by atoms with van der Waals surface area (Å²) in [6.45, 7) is 6.18. The van der Waals surface area contributed by atoms with Crippen LogP contribution >= 0.6 is 11.6 Å². The zero-order valence-electron chi connectivity index (χ0n) is 19.3. The van der Waals surface area contributed by atoms with Gasteiger partial charge in [-0.05, 0) is 51.0 Å². The van der Waals surface area contributed by atoms with Crippen LogP contribution in [0.25, 0.3) is 22.3 Å². The fourth-order valence-electron chi connectivity index (χ4n) is 4.48. The molecule has 0 saturated heterocycles. The number of nitrogens with zero attached hydrogens (tertiary/aromatic N) is 2. The Morgan fingerprint density at radius 3 is 2.56 bits per heavy atom. The minimum atomic E-state index is -0.994. The Labute approximate surface area is 203 Å². The maximum absolute atomic E-state index is 14.9. The number of carbonyl (C=O) groups is 2. The highest BCUT2D eigenvalue weighted by molar-refractivity contribution is 6.30. The molecule has 0 saturated carbocycles. The topological polar surface area (TPSA) is 74.6 Å². The van der Waals surface area contributed by atoms with Crippen LogP contribution in [-0.2, 0) is 0 Å². The molecule has 8 heteroatoms. The number of nitrogens with one attached hydrogen (secondary N) is 1. The molecule has 0 fully saturated rings. The van der Waals surface area contributed by atoms with Gasteiger partial charge in [-0.1, -0.05) is 41.9 Å². The first-order valence-electron chi connectivity index (χ1n) is 11.1. The van der Waals surface area contributed by atoms with Crippen LogP contribution in [0.3, 0.4) is 0 Å². The largest absolute Gasteiger partial charge is 0.465 e. The predicted octanol–water partition coefficient (Wildman–Crippen LogP) is 6.07. The zero-order valence-corrected chi connectivity index (χ0v) is 20.1. The van der Waals surface area contributed by atoms with E-state index in [-0.39, 0.29) is 11.9 Å². The van der Waals surface area contributed by atoms with Crippen molar-refractivity contribution in [2.24, 2.45) is 0 Å². The van der Waals surface area contributed by atoms with Crippen molar-refractivity contribution in [3.05, 3.63) is 71.3 Å². The number of amides is 2. The van der Waals surface area contributed by atoms with Gasteiger partial charge in [0.2, 0.25) is 0 Å². The Hall–Kier alpha value is -3.32. The molecule has 1 aromatic heterocycles. The first kappa shape index (κ1) is 23.8. The average molecular weight is 484 g/mol. The molecule has 0 spiro atoms. The number of carboxylic acid groups (broad SMARTS) is 1. The van der Waals surface area contributed by atoms with Crippen molar-refractivity contribution in [1.82, 2.24) is 14.8 Å². The van der Waals surface area contributed by atoms with E-state index in [4.69, 9.17) is 11.6 Å². The molecular formula is C26H27ClFN3O3. The molecule has 1 aliphatic rings. The summed E-state index contributed by atoms with van der Waals surface area (Å²) in [6.07, 6.45) is 1.28. The fourth-order valence-corrected chi connectivity index (χ4v) is 4.65. The van der Waals surface area contributed by atoms with Gasteiger partial charge in [-0.15, -0.1) is 0 Å². The van der Waals surface area contributed by atoms with Crippen molar-refractivity contribution in [2.45, 2.75) is 38.8 Å². The lowest BCUT2D eigenvalue weighted by Gasteiger charge is -2.35. The molecule has 0 aliphatic carbocycles. The highest BCUT2D eigenvalue weighted by Crippen LogP contribution is 2.41. The predicted molar refractivity (Wildman–Crippen MR) is 131 cm³/mol. The lowest BCUT2D eigenvalue weighted by molar-refractivity contribution is 0.0867. The number of rotatable bonds is 5. The summed E-state index contributed by atoms with van der Waals surface area (Å²) < 4.78 is 16.8. The summed E-state index contributed by atoms with van der Waals surface area (Å²) in [5, 5.41) is 13.0. The van der Waals surface area contributed by atoms with Crippen LogP contribution in [0.1, 0.15) is 43.7 Å². The molecular weight excluding hydrogens is 457 g/mol. The van der Waals surface area contributed by atoms with Gasteiger partial charge in [-0.3, -0.25) is 4.79 Å². The molecule has 2 heterocycles. The van der Waals surface area contributed by atoms with Crippen LogP contribution in [0.5, 0.6) is 0 Å². The summed E-state index contributed by atoms with van der Waals surface area (Å²) in [6, 6.07) is 13.5. The van der Waals surface area contributed by atoms with E-state index < -0.39 is 17.4 Å². The van der Waals surface area contributed by atoms with E-state index in [1.165, 1.54) is 17.0 Å². The second kappa shape index (κ2) is 9.14. The summed E-state index contributed by atoms with van der Waals surface area (Å²) in [7, 11) is 0. The lowest BCUT2D eigenvalue weighted by Crippen LogP contribution is -2.47. The summed E-state index contributed by atoms with van der Waals surface area (Å²) in [5.41, 5.74) is 2.14. The van der Waals surface area contributed by atoms with Crippen molar-refractivity contribution in [2.75, 3.05) is 13.1 Å². The van der Waals surface area contributed by atoms with Gasteiger partial charge in [-0.2, -0.15) is 0 Å². The third-order valence-corrected chi connectivity index (χ3v) is 6.38. The molecule has 1 atom stereocenters. The van der Waals surface area contributed by atoms with Crippen molar-refractivity contribution in [1.29, 1.82) is 0 Å². The molecule has 34 heavy (non-hydrogen) atoms. The van der Waals surface area contributed by atoms with Gasteiger partial charge in [0.25, 0.3) is 5.91 Å². The maximum Gasteiger partial charge on any atom is 0.407 e. The highest BCUT2D eigenvalue weighted by atomic mass is 35.5. The van der Waals surface area contributed by atoms with Gasteiger partial charge < -0.3 is 19.9 Å². The van der Waals surface area contributed by atoms with Crippen molar-refractivity contribution >= 4 is 23.6 Å². The number of hydrogen-bond donors (Lipinski definition) is 2. The van der Waals surface area contributed by atoms with E-state index in [2.05, 4.69) is 5.32 Å². The minimum Gasteiger partial charge on any atom is -0.465 e. The Morgan fingerprint density at radius 1 is 1.21 bits per heavy atom. The number of hydrogen-bond acceptors (Lipinski definition) is 2. The second-order valence-electron chi connectivity index (χ2n) is 9.42. The van der Waals surface area contributed by atoms with E-state index >= 15 is 0 Å². The molecule has 1 aliphatic heterocycles. The Bertz CT molecular complexity index is 1230. The molecule has 4 rings (SSSR count). The van der Waals surface area contributed by atoms with Crippen LogP contribution in [0, 0.1) is 5.82 Å². The molecule has 2 N–H and O–H groups in total. The van der Waals surface area contributed by atoms with E-state index in [0.717, 1.165) is 5.56 Å². The average Bonchev–Trinajstić information content (AvgIpc) is 3.18. The third-order valence-electron chi connectivity index (χ3n) is 6.15. The van der Waals surface area contributed by atoms with E-state index in [9.17, 15) is 19.1 Å². The molecule has 2 aromatic carbocycles. The van der Waals surface area contributed by atoms with Crippen LogP contribution < -0.4 is 5.32 Å². The molecule has 1 unspecified atom stereocenters. The van der Waals surface area contributed by atoms with Crippen molar-refractivity contribution in [3.63, 3.8) is 0 Å². The number of fused-ring (bicyclic) bond motifs is 1. The third kappa shape index (κ3) is 4.53. The normalized spacial score (nSPS) is 15.6. The standard InChI is InChI=1S/C26H27ClFN3O3/c1-26(2,3)31(25(33)34)12-11-18-14-29-24(32)23-22(16-7-5-4-6-8-16)20(15-30(18)23)19-13-17(27)9-10-21(19)28/h4-10,13,15,18H,11-12,14H2,1-3H3,(H,29,32)(H,33,34). The molecule has 6 nitrogen and oxygen atoms in total. The Kier molecular flexibility index (Phi) is 6.41. The molecule has 0 radical (unpaired) electrons. The van der Waals surface area contributed by atoms with E-state index in [1.54, 1.807) is 12.3 Å². The lowest BCUT2D eigenvalue weighted by atomic mass is 9.95. The SMILES string of the molecule is CC(C)(C)N(CCC1CNC(=O)c2c(-c3ccccc3)c(-c3cc(Cl)ccc3F)cn21)C(=O)O. The molecule has 178 valence electrons. The van der Waals surface area contributed by atoms with Gasteiger partial charge in [0.15, 0.2) is 0 Å². The number of halogens is 2. The van der Waals surface area contributed by atoms with Gasteiger partial charge in [-0.25, -0.2) is 9.18 Å². The van der Waals surface area contributed by atoms with Gasteiger partial charge in [0.1, 0.15) is 11.5 Å². The fraction of sp³-hybridized carbons (Fsp3) is 0.308. The van der Waals surface area contributed by atoms with Crippen LogP contribution in [0.15, 0.2) is 54.7 Å². The van der Waals surface area contributed by atoms with Crippen molar-refractivity contribution in [3.8, 4) is 22.3 Å². The first-order chi connectivity index (χ1) is 16.1. The maximum atomic E-state index is 14.9. The molecule has 0 bridgehead atoms. The van der Waals surface area contributed by atoms with Crippen LogP contribution in [-0.4, -0.2) is 45.2 Å². The summed E-state index contributed by atoms with van der Waals surface area (Å²) in [4.78, 5) is 26.3. The van der Waals surface area contributed by atoms with E-state index in [1.807, 2.05) is 55.7 Å². The molecule has 2 amide bonds.